The Morgan fingerprint density at radius 3 is 1.53 bits per heavy atom. The number of rotatable bonds is 5. The van der Waals surface area contributed by atoms with Crippen molar-refractivity contribution >= 4 is 20.4 Å². The van der Waals surface area contributed by atoms with Crippen molar-refractivity contribution in [2.24, 2.45) is 23.7 Å². The first kappa shape index (κ1) is 16.9. The molecule has 0 rings (SSSR count). The van der Waals surface area contributed by atoms with E-state index in [0.717, 1.165) is 5.57 Å². The molecule has 0 unspecified atom stereocenters. The normalized spacial score (nSPS) is 15.2. The highest BCUT2D eigenvalue weighted by atomic mass is 32.2. The Labute approximate surface area is 109 Å². The van der Waals surface area contributed by atoms with Crippen molar-refractivity contribution in [3.05, 3.63) is 10.1 Å². The second-order valence-electron chi connectivity index (χ2n) is 5.66. The van der Waals surface area contributed by atoms with Crippen molar-refractivity contribution in [2.45, 2.75) is 41.5 Å². The monoisotopic (exact) mass is 278 g/mol. The molecule has 0 bridgehead atoms. The van der Waals surface area contributed by atoms with E-state index in [1.165, 1.54) is 0 Å². The minimum absolute atomic E-state index is 0.152. The minimum atomic E-state index is -4.02. The highest BCUT2D eigenvalue weighted by Gasteiger charge is 2.28. The molecule has 0 aliphatic carbocycles. The Kier molecular flexibility index (Phi) is 6.11. The Balaban J connectivity index is 5.83. The summed E-state index contributed by atoms with van der Waals surface area (Å²) in [6.45, 7) is 12.4. The van der Waals surface area contributed by atoms with Crippen molar-refractivity contribution in [3.8, 4) is 0 Å². The number of hydrogen-bond acceptors (Lipinski definition) is 2. The molecule has 0 atom stereocenters. The average Bonchev–Trinajstić information content (AvgIpc) is 2.09. The van der Waals surface area contributed by atoms with Crippen LogP contribution in [0.2, 0.25) is 0 Å². The van der Waals surface area contributed by atoms with E-state index in [1.807, 2.05) is 13.8 Å². The van der Waals surface area contributed by atoms with E-state index in [4.69, 9.17) is 0 Å². The molecule has 0 aromatic rings. The van der Waals surface area contributed by atoms with E-state index < -0.39 is 10.1 Å². The van der Waals surface area contributed by atoms with Crippen molar-refractivity contribution in [1.29, 1.82) is 0 Å². The average molecular weight is 278 g/mol. The van der Waals surface area contributed by atoms with Gasteiger partial charge in [-0.3, -0.25) is 4.55 Å². The first-order chi connectivity index (χ1) is 7.50. The molecule has 5 heteroatoms. The molecule has 0 aliphatic heterocycles. The Hall–Kier alpha value is -0.133. The summed E-state index contributed by atoms with van der Waals surface area (Å²) < 4.78 is 32.2. The fourth-order valence-electron chi connectivity index (χ4n) is 2.66. The van der Waals surface area contributed by atoms with Gasteiger partial charge in [-0.05, 0) is 23.7 Å². The predicted molar refractivity (Wildman–Crippen MR) is 76.5 cm³/mol. The molecule has 0 aromatic carbocycles. The van der Waals surface area contributed by atoms with Crippen molar-refractivity contribution < 1.29 is 13.0 Å². The molecule has 102 valence electrons. The van der Waals surface area contributed by atoms with Gasteiger partial charge in [0.1, 0.15) is 0 Å². The van der Waals surface area contributed by atoms with E-state index in [1.54, 1.807) is 0 Å². The van der Waals surface area contributed by atoms with Gasteiger partial charge in [-0.15, -0.1) is 0 Å². The van der Waals surface area contributed by atoms with Crippen molar-refractivity contribution in [3.63, 3.8) is 0 Å². The van der Waals surface area contributed by atoms with E-state index in [-0.39, 0.29) is 16.4 Å². The van der Waals surface area contributed by atoms with Crippen LogP contribution >= 0.6 is 0 Å². The van der Waals surface area contributed by atoms with Crippen molar-refractivity contribution in [2.75, 3.05) is 0 Å². The molecule has 1 N–H and O–H groups in total. The Bertz CT molecular complexity index is 373. The summed E-state index contributed by atoms with van der Waals surface area (Å²) in [5, 5.41) is 0. The summed E-state index contributed by atoms with van der Waals surface area (Å²) in [5.74, 6) is 1.11. The minimum Gasteiger partial charge on any atom is -0.282 e. The molecule has 0 saturated heterocycles. The van der Waals surface area contributed by atoms with Crippen molar-refractivity contribution in [1.82, 2.24) is 0 Å². The van der Waals surface area contributed by atoms with Crippen LogP contribution in [0.25, 0.3) is 0 Å². The quantitative estimate of drug-likeness (QED) is 0.618. The van der Waals surface area contributed by atoms with Gasteiger partial charge in [0, 0.05) is 4.53 Å². The third-order valence-electron chi connectivity index (χ3n) is 3.21. The third kappa shape index (κ3) is 4.56. The first-order valence-electron chi connectivity index (χ1n) is 6.18. The van der Waals surface area contributed by atoms with Crippen LogP contribution < -0.4 is 0 Å². The van der Waals surface area contributed by atoms with Crippen LogP contribution in [0.5, 0.6) is 0 Å². The molecule has 0 aromatic heterocycles. The van der Waals surface area contributed by atoms with Gasteiger partial charge < -0.3 is 0 Å². The predicted octanol–water partition coefficient (Wildman–Crippen LogP) is 2.04. The van der Waals surface area contributed by atoms with E-state index >= 15 is 0 Å². The molecular weight excluding hydrogens is 252 g/mol. The van der Waals surface area contributed by atoms with Gasteiger partial charge in [0.25, 0.3) is 10.1 Å². The van der Waals surface area contributed by atoms with Crippen LogP contribution in [0.15, 0.2) is 10.1 Å². The molecular formula is C12H26O3SSi. The maximum atomic E-state index is 11.4. The summed E-state index contributed by atoms with van der Waals surface area (Å²) in [4.78, 5) is 0. The van der Waals surface area contributed by atoms with Gasteiger partial charge in [-0.2, -0.15) is 8.42 Å². The zero-order valence-electron chi connectivity index (χ0n) is 12.0. The number of allylic oxidation sites excluding steroid dienone is 1. The zero-order chi connectivity index (χ0) is 14.0. The lowest BCUT2D eigenvalue weighted by atomic mass is 9.76. The largest absolute Gasteiger partial charge is 0.285 e. The standard InChI is InChI=1S/C12H26O3SSi/c1-7(2)10(8(3)4)11(9(5)6)12(17)16(13,14)15/h7-10H,1-6,17H3,(H,13,14,15)/b12-11+. The van der Waals surface area contributed by atoms with Gasteiger partial charge in [0.05, 0.1) is 10.2 Å². The summed E-state index contributed by atoms with van der Waals surface area (Å²) in [5.41, 5.74) is 0.921. The summed E-state index contributed by atoms with van der Waals surface area (Å²) >= 11 is 0. The Morgan fingerprint density at radius 2 is 1.35 bits per heavy atom. The summed E-state index contributed by atoms with van der Waals surface area (Å²) in [7, 11) is -3.66. The van der Waals surface area contributed by atoms with Crippen LogP contribution in [-0.2, 0) is 10.1 Å². The van der Waals surface area contributed by atoms with Crippen LogP contribution in [0.4, 0.5) is 0 Å². The van der Waals surface area contributed by atoms with E-state index in [9.17, 15) is 13.0 Å². The summed E-state index contributed by atoms with van der Waals surface area (Å²) in [6, 6.07) is 0. The Morgan fingerprint density at radius 1 is 1.00 bits per heavy atom. The molecule has 0 fully saturated rings. The molecule has 0 spiro atoms. The first-order valence-corrected chi connectivity index (χ1v) is 8.62. The molecule has 17 heavy (non-hydrogen) atoms. The molecule has 0 aliphatic rings. The van der Waals surface area contributed by atoms with Crippen LogP contribution in [0.1, 0.15) is 41.5 Å². The maximum Gasteiger partial charge on any atom is 0.285 e. The highest BCUT2D eigenvalue weighted by molar-refractivity contribution is 7.91. The molecule has 0 heterocycles. The maximum absolute atomic E-state index is 11.4. The molecule has 0 saturated carbocycles. The summed E-state index contributed by atoms with van der Waals surface area (Å²) in [6.07, 6.45) is 0. The molecule has 0 amide bonds. The fourth-order valence-corrected chi connectivity index (χ4v) is 4.24. The fraction of sp³-hybridized carbons (Fsp3) is 0.833. The third-order valence-corrected chi connectivity index (χ3v) is 6.35. The smallest absolute Gasteiger partial charge is 0.282 e. The van der Waals surface area contributed by atoms with Crippen LogP contribution in [0.3, 0.4) is 0 Å². The second-order valence-corrected chi connectivity index (χ2v) is 8.94. The SMILES string of the molecule is CC(C)/C(=C(\[SiH3])S(=O)(=O)O)C(C(C)C)C(C)C. The molecule has 3 nitrogen and oxygen atoms in total. The van der Waals surface area contributed by atoms with Gasteiger partial charge in [0.15, 0.2) is 0 Å². The zero-order valence-corrected chi connectivity index (χ0v) is 14.8. The number of hydrogen-bond donors (Lipinski definition) is 1. The van der Waals surface area contributed by atoms with Gasteiger partial charge in [-0.1, -0.05) is 47.1 Å². The topological polar surface area (TPSA) is 54.4 Å². The lowest BCUT2D eigenvalue weighted by Crippen LogP contribution is -2.24. The van der Waals surface area contributed by atoms with E-state index in [2.05, 4.69) is 27.7 Å². The second kappa shape index (κ2) is 6.16. The van der Waals surface area contributed by atoms with E-state index in [0.29, 0.717) is 22.1 Å². The van der Waals surface area contributed by atoms with Gasteiger partial charge >= 0.3 is 0 Å². The van der Waals surface area contributed by atoms with Gasteiger partial charge in [0.2, 0.25) is 0 Å². The van der Waals surface area contributed by atoms with Crippen LogP contribution in [-0.4, -0.2) is 23.2 Å². The van der Waals surface area contributed by atoms with Gasteiger partial charge in [-0.25, -0.2) is 0 Å². The molecule has 0 radical (unpaired) electrons. The lowest BCUT2D eigenvalue weighted by Gasteiger charge is -2.31. The van der Waals surface area contributed by atoms with Crippen LogP contribution in [0, 0.1) is 23.7 Å². The lowest BCUT2D eigenvalue weighted by molar-refractivity contribution is 0.316. The highest BCUT2D eigenvalue weighted by Crippen LogP contribution is 2.35.